The Labute approximate surface area is 60.1 Å². The number of rotatable bonds is 0. The summed E-state index contributed by atoms with van der Waals surface area (Å²) in [5, 5.41) is 2.16. The van der Waals surface area contributed by atoms with E-state index in [-0.39, 0.29) is 0 Å². The van der Waals surface area contributed by atoms with Crippen molar-refractivity contribution in [2.75, 3.05) is 0 Å². The van der Waals surface area contributed by atoms with Crippen molar-refractivity contribution >= 4 is 12.2 Å². The second-order valence-electron chi connectivity index (χ2n) is 1.95. The third-order valence-corrected chi connectivity index (χ3v) is 1.34. The highest BCUT2D eigenvalue weighted by Gasteiger charge is 1.79. The van der Waals surface area contributed by atoms with Crippen LogP contribution in [0.4, 0.5) is 0 Å². The number of nitrogens with one attached hydrogen (secondary N) is 1. The lowest BCUT2D eigenvalue weighted by Gasteiger charge is -1.72. The molecule has 10 heavy (non-hydrogen) atoms. The maximum Gasteiger partial charge on any atom is 0.0417 e. The summed E-state index contributed by atoms with van der Waals surface area (Å²) in [5.41, 5.74) is 0. The van der Waals surface area contributed by atoms with E-state index in [1.807, 2.05) is 25.3 Å². The summed E-state index contributed by atoms with van der Waals surface area (Å²) >= 11 is 0. The lowest BCUT2D eigenvalue weighted by molar-refractivity contribution is 1.31. The lowest BCUT2D eigenvalue weighted by atomic mass is 10.4. The number of aromatic amines is 1. The van der Waals surface area contributed by atoms with Crippen LogP contribution in [-0.2, 0) is 0 Å². The number of terminal acetylenes is 1. The second-order valence-corrected chi connectivity index (χ2v) is 1.95. The van der Waals surface area contributed by atoms with Gasteiger partial charge in [-0.2, -0.15) is 0 Å². The molecule has 0 aliphatic heterocycles. The molecular weight excluding hydrogens is 122 g/mol. The Morgan fingerprint density at radius 2 is 2.50 bits per heavy atom. The van der Waals surface area contributed by atoms with E-state index in [0.717, 1.165) is 10.6 Å². The zero-order valence-corrected chi connectivity index (χ0v) is 5.89. The predicted octanol–water partition coefficient (Wildman–Crippen LogP) is 0.229. The fourth-order valence-electron chi connectivity index (χ4n) is 0.860. The molecule has 1 nitrogen and oxygen atoms in total. The highest BCUT2D eigenvalue weighted by Crippen LogP contribution is 1.63. The summed E-state index contributed by atoms with van der Waals surface area (Å²) in [7, 11) is 0. The van der Waals surface area contributed by atoms with E-state index in [2.05, 4.69) is 10.9 Å². The van der Waals surface area contributed by atoms with Gasteiger partial charge < -0.3 is 4.98 Å². The Kier molecular flexibility index (Phi) is 1.96. The van der Waals surface area contributed by atoms with Gasteiger partial charge in [-0.1, -0.05) is 12.0 Å². The highest BCUT2D eigenvalue weighted by atomic mass is 14.6. The minimum absolute atomic E-state index is 1.07. The van der Waals surface area contributed by atoms with Gasteiger partial charge >= 0.3 is 0 Å². The average molecular weight is 131 g/mol. The standard InChI is InChI=1S/C9H9N/c1-3-5-8-6-7-10-9(8)4-2/h1,4-7,10H,2H3/b8-5-,9-4+. The highest BCUT2D eigenvalue weighted by molar-refractivity contribution is 5.43. The van der Waals surface area contributed by atoms with E-state index in [4.69, 9.17) is 6.42 Å². The predicted molar refractivity (Wildman–Crippen MR) is 43.5 cm³/mol. The molecule has 0 saturated carbocycles. The smallest absolute Gasteiger partial charge is 0.0417 e. The van der Waals surface area contributed by atoms with Crippen molar-refractivity contribution in [1.82, 2.24) is 4.98 Å². The van der Waals surface area contributed by atoms with Gasteiger partial charge in [0, 0.05) is 16.8 Å². The molecule has 0 spiro atoms. The first-order chi connectivity index (χ1) is 4.88. The third kappa shape index (κ3) is 1.11. The fraction of sp³-hybridized carbons (Fsp3) is 0.111. The van der Waals surface area contributed by atoms with Crippen LogP contribution < -0.4 is 10.6 Å². The Hall–Kier alpha value is -1.42. The van der Waals surface area contributed by atoms with Gasteiger partial charge in [0.15, 0.2) is 0 Å². The van der Waals surface area contributed by atoms with Crippen LogP contribution in [0.25, 0.3) is 12.2 Å². The molecule has 1 heteroatoms. The lowest BCUT2D eigenvalue weighted by Crippen LogP contribution is -2.20. The van der Waals surface area contributed by atoms with Crippen LogP contribution in [0.5, 0.6) is 0 Å². The molecule has 0 amide bonds. The van der Waals surface area contributed by atoms with Crippen LogP contribution in [0, 0.1) is 12.3 Å². The molecule has 0 saturated heterocycles. The Morgan fingerprint density at radius 3 is 3.10 bits per heavy atom. The van der Waals surface area contributed by atoms with Crippen LogP contribution in [-0.4, -0.2) is 4.98 Å². The van der Waals surface area contributed by atoms with Crippen molar-refractivity contribution in [3.63, 3.8) is 0 Å². The minimum atomic E-state index is 1.07. The van der Waals surface area contributed by atoms with Crippen molar-refractivity contribution in [3.8, 4) is 12.3 Å². The summed E-state index contributed by atoms with van der Waals surface area (Å²) in [6.07, 6.45) is 10.7. The van der Waals surface area contributed by atoms with E-state index < -0.39 is 0 Å². The normalized spacial score (nSPS) is 13.6. The topological polar surface area (TPSA) is 15.8 Å². The van der Waals surface area contributed by atoms with E-state index in [9.17, 15) is 0 Å². The molecule has 1 aromatic heterocycles. The molecule has 0 unspecified atom stereocenters. The van der Waals surface area contributed by atoms with Crippen LogP contribution >= 0.6 is 0 Å². The zero-order chi connectivity index (χ0) is 7.40. The van der Waals surface area contributed by atoms with Gasteiger partial charge in [0.1, 0.15) is 0 Å². The van der Waals surface area contributed by atoms with Crippen molar-refractivity contribution in [2.45, 2.75) is 6.92 Å². The summed E-state index contributed by atoms with van der Waals surface area (Å²) in [5.74, 6) is 2.48. The molecule has 0 aromatic carbocycles. The first kappa shape index (κ1) is 6.70. The largest absolute Gasteiger partial charge is 0.361 e. The van der Waals surface area contributed by atoms with Gasteiger partial charge in [-0.15, -0.1) is 6.42 Å². The summed E-state index contributed by atoms with van der Waals surface area (Å²) < 4.78 is 0. The third-order valence-electron chi connectivity index (χ3n) is 1.34. The Morgan fingerprint density at radius 1 is 1.70 bits per heavy atom. The minimum Gasteiger partial charge on any atom is -0.361 e. The first-order valence-corrected chi connectivity index (χ1v) is 3.14. The maximum atomic E-state index is 5.11. The van der Waals surface area contributed by atoms with E-state index in [1.54, 1.807) is 6.08 Å². The summed E-state index contributed by atoms with van der Waals surface area (Å²) in [4.78, 5) is 3.06. The van der Waals surface area contributed by atoms with Crippen molar-refractivity contribution in [2.24, 2.45) is 0 Å². The molecule has 0 bridgehead atoms. The molecule has 0 aliphatic rings. The van der Waals surface area contributed by atoms with Gasteiger partial charge in [0.2, 0.25) is 0 Å². The van der Waals surface area contributed by atoms with Crippen LogP contribution in [0.2, 0.25) is 0 Å². The fourth-order valence-corrected chi connectivity index (χ4v) is 0.860. The molecule has 0 radical (unpaired) electrons. The number of H-pyrrole nitrogens is 1. The van der Waals surface area contributed by atoms with Gasteiger partial charge in [-0.3, -0.25) is 0 Å². The van der Waals surface area contributed by atoms with Crippen molar-refractivity contribution in [3.05, 3.63) is 22.8 Å². The molecule has 1 N–H and O–H groups in total. The number of hydrogen-bond donors (Lipinski definition) is 1. The van der Waals surface area contributed by atoms with Crippen LogP contribution in [0.1, 0.15) is 6.92 Å². The second kappa shape index (κ2) is 2.93. The van der Waals surface area contributed by atoms with E-state index >= 15 is 0 Å². The van der Waals surface area contributed by atoms with Gasteiger partial charge in [-0.05, 0) is 19.1 Å². The Balaban J connectivity index is 3.46. The van der Waals surface area contributed by atoms with E-state index in [1.165, 1.54) is 0 Å². The van der Waals surface area contributed by atoms with Gasteiger partial charge in [-0.25, -0.2) is 0 Å². The molecule has 1 aromatic rings. The van der Waals surface area contributed by atoms with E-state index in [0.29, 0.717) is 0 Å². The SMILES string of the molecule is C#C/C=c1/cc[nH]/c1=C/C. The molecule has 1 heterocycles. The Bertz CT molecular complexity index is 349. The van der Waals surface area contributed by atoms with Gasteiger partial charge in [0.05, 0.1) is 0 Å². The zero-order valence-electron chi connectivity index (χ0n) is 5.89. The van der Waals surface area contributed by atoms with Crippen LogP contribution in [0.3, 0.4) is 0 Å². The number of aromatic nitrogens is 1. The molecule has 0 fully saturated rings. The first-order valence-electron chi connectivity index (χ1n) is 3.14. The summed E-state index contributed by atoms with van der Waals surface area (Å²) in [6, 6.07) is 1.95. The molecular formula is C9H9N. The van der Waals surface area contributed by atoms with Crippen molar-refractivity contribution in [1.29, 1.82) is 0 Å². The monoisotopic (exact) mass is 131 g/mol. The number of hydrogen-bond acceptors (Lipinski definition) is 0. The van der Waals surface area contributed by atoms with Crippen LogP contribution in [0.15, 0.2) is 12.3 Å². The molecule has 1 rings (SSSR count). The maximum absolute atomic E-state index is 5.11. The molecule has 50 valence electrons. The molecule has 0 aliphatic carbocycles. The quantitative estimate of drug-likeness (QED) is 0.485. The van der Waals surface area contributed by atoms with Gasteiger partial charge in [0.25, 0.3) is 0 Å². The average Bonchev–Trinajstić information content (AvgIpc) is 2.36. The van der Waals surface area contributed by atoms with Crippen molar-refractivity contribution < 1.29 is 0 Å². The molecule has 0 atom stereocenters. The summed E-state index contributed by atoms with van der Waals surface area (Å²) in [6.45, 7) is 1.97.